The average Bonchev–Trinajstić information content (AvgIpc) is 3.10. The maximum absolute atomic E-state index is 12.7. The Morgan fingerprint density at radius 1 is 1.29 bits per heavy atom. The first-order chi connectivity index (χ1) is 16.5. The first-order valence-electron chi connectivity index (χ1n) is 10.6. The molecule has 1 aromatic carbocycles. The van der Waals surface area contributed by atoms with E-state index in [1.807, 2.05) is 0 Å². The summed E-state index contributed by atoms with van der Waals surface area (Å²) in [5.74, 6) is 9.32. The lowest BCUT2D eigenvalue weighted by molar-refractivity contribution is -0.131. The number of nitrogens with zero attached hydrogens (tertiary/aromatic N) is 2. The third kappa shape index (κ3) is 5.74. The van der Waals surface area contributed by atoms with Gasteiger partial charge in [-0.25, -0.2) is 18.7 Å². The Kier molecular flexibility index (Phi) is 7.70. The Hall–Kier alpha value is -3.58. The topological polar surface area (TPSA) is 154 Å². The number of hydrogen-bond donors (Lipinski definition) is 3. The molecule has 0 unspecified atom stereocenters. The Bertz CT molecular complexity index is 1260. The van der Waals surface area contributed by atoms with Gasteiger partial charge in [-0.1, -0.05) is 5.92 Å². The van der Waals surface area contributed by atoms with Crippen LogP contribution in [0.2, 0.25) is 0 Å². The fraction of sp³-hybridized carbons (Fsp3) is 0.435. The highest BCUT2D eigenvalue weighted by Gasteiger charge is 2.44. The maximum atomic E-state index is 12.7. The number of aliphatic hydroxyl groups is 1. The largest absolute Gasteiger partial charge is 0.436 e. The van der Waals surface area contributed by atoms with Crippen LogP contribution in [0.1, 0.15) is 34.8 Å². The molecule has 2 aliphatic heterocycles. The molecule has 0 aromatic heterocycles. The van der Waals surface area contributed by atoms with Crippen molar-refractivity contribution in [3.05, 3.63) is 34.9 Å². The van der Waals surface area contributed by atoms with Gasteiger partial charge < -0.3 is 19.6 Å². The molecule has 0 aliphatic carbocycles. The number of ether oxygens (including phenoxy) is 1. The number of rotatable bonds is 6. The van der Waals surface area contributed by atoms with Crippen LogP contribution in [-0.4, -0.2) is 89.8 Å². The van der Waals surface area contributed by atoms with Crippen LogP contribution in [0, 0.1) is 23.7 Å². The quantitative estimate of drug-likeness (QED) is 0.267. The van der Waals surface area contributed by atoms with Crippen LogP contribution in [-0.2, 0) is 25.9 Å². The maximum Gasteiger partial charge on any atom is 0.410 e. The molecule has 2 heterocycles. The Balaban J connectivity index is 1.58. The number of carbonyl (C=O) groups is 3. The first-order valence-corrected chi connectivity index (χ1v) is 12.5. The molecule has 2 aliphatic rings. The van der Waals surface area contributed by atoms with Gasteiger partial charge in [-0.15, -0.1) is 0 Å². The van der Waals surface area contributed by atoms with E-state index in [2.05, 4.69) is 23.7 Å². The van der Waals surface area contributed by atoms with Crippen LogP contribution in [0.4, 0.5) is 4.79 Å². The van der Waals surface area contributed by atoms with E-state index in [1.54, 1.807) is 18.2 Å². The summed E-state index contributed by atoms with van der Waals surface area (Å²) in [6.45, 7) is 1.78. The predicted molar refractivity (Wildman–Crippen MR) is 123 cm³/mol. The van der Waals surface area contributed by atoms with Crippen molar-refractivity contribution in [3.63, 3.8) is 0 Å². The van der Waals surface area contributed by atoms with Crippen molar-refractivity contribution in [2.75, 3.05) is 32.5 Å². The molecule has 11 nitrogen and oxygen atoms in total. The summed E-state index contributed by atoms with van der Waals surface area (Å²) in [5.41, 5.74) is 3.16. The molecule has 3 rings (SSSR count). The minimum absolute atomic E-state index is 0.00784. The van der Waals surface area contributed by atoms with Gasteiger partial charge in [0.15, 0.2) is 21.2 Å². The number of fused-ring (bicyclic) bond motifs is 1. The van der Waals surface area contributed by atoms with Gasteiger partial charge in [-0.3, -0.25) is 14.8 Å². The van der Waals surface area contributed by atoms with Crippen molar-refractivity contribution in [1.29, 1.82) is 0 Å². The number of amides is 3. The highest BCUT2D eigenvalue weighted by atomic mass is 32.2. The second-order valence-corrected chi connectivity index (χ2v) is 10.9. The summed E-state index contributed by atoms with van der Waals surface area (Å²) in [7, 11) is -3.87. The molecule has 1 atom stereocenters. The monoisotopic (exact) mass is 503 g/mol. The zero-order valence-corrected chi connectivity index (χ0v) is 20.0. The van der Waals surface area contributed by atoms with Crippen molar-refractivity contribution in [3.8, 4) is 23.7 Å². The molecular weight excluding hydrogens is 478 g/mol. The fourth-order valence-electron chi connectivity index (χ4n) is 3.55. The van der Waals surface area contributed by atoms with Gasteiger partial charge in [0, 0.05) is 30.5 Å². The standard InChI is InChI=1S/C23H25N3O8S/c1-23(21(29)24-31,35(2,32)33)9-10-25-13-17-12-16(7-8-19(17)20(25)28)6-4-3-5-11-34-22(30)26-14-18(27)15-26/h7-8,12,18,27,31H,9-11,13-15H2,1-2H3,(H,24,29)/t23-/m1/s1. The molecule has 12 heteroatoms. The molecule has 0 bridgehead atoms. The number of likely N-dealkylation sites (tertiary alicyclic amines) is 1. The number of hydrogen-bond acceptors (Lipinski definition) is 8. The number of β-amino-alcohol motifs (C(OH)–C–C–N with tert-alkyl or cyclic N) is 1. The van der Waals surface area contributed by atoms with E-state index < -0.39 is 32.7 Å². The normalized spacial score (nSPS) is 16.6. The van der Waals surface area contributed by atoms with Gasteiger partial charge in [-0.2, -0.15) is 0 Å². The van der Waals surface area contributed by atoms with Crippen LogP contribution >= 0.6 is 0 Å². The number of aliphatic hydroxyl groups excluding tert-OH is 1. The molecule has 0 radical (unpaired) electrons. The minimum Gasteiger partial charge on any atom is -0.436 e. The third-order valence-electron chi connectivity index (χ3n) is 5.99. The molecule has 35 heavy (non-hydrogen) atoms. The van der Waals surface area contributed by atoms with Crippen molar-refractivity contribution < 1.29 is 37.9 Å². The number of hydroxylamine groups is 1. The van der Waals surface area contributed by atoms with Gasteiger partial charge in [0.1, 0.15) is 0 Å². The van der Waals surface area contributed by atoms with Gasteiger partial charge in [0.05, 0.1) is 19.2 Å². The van der Waals surface area contributed by atoms with E-state index in [-0.39, 0.29) is 45.1 Å². The second-order valence-electron chi connectivity index (χ2n) is 8.46. The number of nitrogens with one attached hydrogen (secondary N) is 1. The lowest BCUT2D eigenvalue weighted by atomic mass is 10.1. The van der Waals surface area contributed by atoms with Crippen molar-refractivity contribution in [2.45, 2.75) is 30.7 Å². The average molecular weight is 504 g/mol. The van der Waals surface area contributed by atoms with E-state index in [4.69, 9.17) is 15.1 Å². The fourth-order valence-corrected chi connectivity index (χ4v) is 4.39. The van der Waals surface area contributed by atoms with Crippen LogP contribution < -0.4 is 5.48 Å². The molecule has 3 amide bonds. The van der Waals surface area contributed by atoms with Crippen LogP contribution in [0.25, 0.3) is 0 Å². The zero-order chi connectivity index (χ0) is 25.8. The van der Waals surface area contributed by atoms with Gasteiger partial charge in [0.25, 0.3) is 11.8 Å². The summed E-state index contributed by atoms with van der Waals surface area (Å²) in [6.07, 6.45) is -0.338. The molecular formula is C23H25N3O8S. The van der Waals surface area contributed by atoms with Crippen molar-refractivity contribution >= 4 is 27.7 Å². The van der Waals surface area contributed by atoms with E-state index in [1.165, 1.54) is 22.2 Å². The van der Waals surface area contributed by atoms with Crippen LogP contribution in [0.5, 0.6) is 0 Å². The van der Waals surface area contributed by atoms with Gasteiger partial charge in [-0.05, 0) is 54.9 Å². The highest BCUT2D eigenvalue weighted by molar-refractivity contribution is 7.92. The lowest BCUT2D eigenvalue weighted by Gasteiger charge is -2.34. The molecule has 1 fully saturated rings. The molecule has 0 spiro atoms. The minimum atomic E-state index is -3.87. The van der Waals surface area contributed by atoms with E-state index in [9.17, 15) is 22.8 Å². The van der Waals surface area contributed by atoms with Crippen LogP contribution in [0.3, 0.4) is 0 Å². The summed E-state index contributed by atoms with van der Waals surface area (Å²) in [6, 6.07) is 5.01. The number of carbonyl (C=O) groups excluding carboxylic acids is 3. The summed E-state index contributed by atoms with van der Waals surface area (Å²) in [4.78, 5) is 39.1. The third-order valence-corrected chi connectivity index (χ3v) is 8.02. The molecule has 0 saturated carbocycles. The van der Waals surface area contributed by atoms with E-state index >= 15 is 0 Å². The van der Waals surface area contributed by atoms with Gasteiger partial charge >= 0.3 is 6.09 Å². The first kappa shape index (κ1) is 26.0. The van der Waals surface area contributed by atoms with Gasteiger partial charge in [0.2, 0.25) is 0 Å². The van der Waals surface area contributed by atoms with Crippen molar-refractivity contribution in [1.82, 2.24) is 15.3 Å². The summed E-state index contributed by atoms with van der Waals surface area (Å²) < 4.78 is 27.3. The molecule has 186 valence electrons. The highest BCUT2D eigenvalue weighted by Crippen LogP contribution is 2.27. The Labute approximate surface area is 202 Å². The Morgan fingerprint density at radius 2 is 2.00 bits per heavy atom. The lowest BCUT2D eigenvalue weighted by Crippen LogP contribution is -2.53. The van der Waals surface area contributed by atoms with Crippen molar-refractivity contribution in [2.24, 2.45) is 0 Å². The second kappa shape index (κ2) is 10.4. The molecule has 1 saturated heterocycles. The SMILES string of the molecule is C[C@@](CCN1Cc2cc(C#CC#CCOC(=O)N3CC(O)C3)ccc2C1=O)(C(=O)NO)S(C)(=O)=O. The van der Waals surface area contributed by atoms with Crippen LogP contribution in [0.15, 0.2) is 18.2 Å². The smallest absolute Gasteiger partial charge is 0.410 e. The molecule has 1 aromatic rings. The number of benzene rings is 1. The number of sulfone groups is 1. The molecule has 3 N–H and O–H groups in total. The zero-order valence-electron chi connectivity index (χ0n) is 19.2. The van der Waals surface area contributed by atoms with E-state index in [0.29, 0.717) is 16.7 Å². The Morgan fingerprint density at radius 3 is 2.63 bits per heavy atom. The predicted octanol–water partition coefficient (Wildman–Crippen LogP) is -0.491. The summed E-state index contributed by atoms with van der Waals surface area (Å²) in [5, 5.41) is 18.1. The van der Waals surface area contributed by atoms with E-state index in [0.717, 1.165) is 6.26 Å². The summed E-state index contributed by atoms with van der Waals surface area (Å²) >= 11 is 0.